The molecule has 0 bridgehead atoms. The third-order valence-electron chi connectivity index (χ3n) is 4.81. The van der Waals surface area contributed by atoms with E-state index >= 15 is 0 Å². The van der Waals surface area contributed by atoms with Gasteiger partial charge in [-0.05, 0) is 60.1 Å². The van der Waals surface area contributed by atoms with Crippen molar-refractivity contribution in [1.29, 1.82) is 0 Å². The standard InChI is InChI=1S/C20H24FN3O2S2/c1-15(2)16-3-7-18(8-4-16)22-20(27)23-11-13-24(14-12-23)28(25,26)19-9-5-17(21)6-10-19/h3-10,15H,11-14H2,1-2H3,(H,22,27). The summed E-state index contributed by atoms with van der Waals surface area (Å²) in [5.41, 5.74) is 2.17. The van der Waals surface area contributed by atoms with E-state index in [1.165, 1.54) is 22.0 Å². The molecular weight excluding hydrogens is 397 g/mol. The molecule has 0 amide bonds. The molecule has 5 nitrogen and oxygen atoms in total. The molecule has 2 aromatic rings. The maximum absolute atomic E-state index is 13.1. The molecule has 28 heavy (non-hydrogen) atoms. The number of thiocarbonyl (C=S) groups is 1. The van der Waals surface area contributed by atoms with E-state index < -0.39 is 15.8 Å². The van der Waals surface area contributed by atoms with Gasteiger partial charge in [0.1, 0.15) is 5.82 Å². The minimum atomic E-state index is -3.62. The second-order valence-corrected chi connectivity index (χ2v) is 9.38. The largest absolute Gasteiger partial charge is 0.346 e. The number of benzene rings is 2. The van der Waals surface area contributed by atoms with Crippen molar-refractivity contribution in [2.24, 2.45) is 0 Å². The van der Waals surface area contributed by atoms with E-state index in [9.17, 15) is 12.8 Å². The third kappa shape index (κ3) is 4.68. The predicted octanol–water partition coefficient (Wildman–Crippen LogP) is 3.65. The van der Waals surface area contributed by atoms with Gasteiger partial charge in [0.25, 0.3) is 0 Å². The Morgan fingerprint density at radius 2 is 1.57 bits per heavy atom. The Balaban J connectivity index is 1.58. The smallest absolute Gasteiger partial charge is 0.243 e. The van der Waals surface area contributed by atoms with Crippen molar-refractivity contribution in [3.8, 4) is 0 Å². The van der Waals surface area contributed by atoms with Crippen molar-refractivity contribution < 1.29 is 12.8 Å². The van der Waals surface area contributed by atoms with Crippen LogP contribution in [0.4, 0.5) is 10.1 Å². The average Bonchev–Trinajstić information content (AvgIpc) is 2.69. The number of hydrogen-bond acceptors (Lipinski definition) is 3. The van der Waals surface area contributed by atoms with Crippen LogP contribution in [0.2, 0.25) is 0 Å². The van der Waals surface area contributed by atoms with Crippen molar-refractivity contribution in [2.75, 3.05) is 31.5 Å². The van der Waals surface area contributed by atoms with Crippen LogP contribution in [0.15, 0.2) is 53.4 Å². The van der Waals surface area contributed by atoms with Crippen LogP contribution in [0.1, 0.15) is 25.3 Å². The average molecular weight is 422 g/mol. The summed E-state index contributed by atoms with van der Waals surface area (Å²) in [6, 6.07) is 13.0. The van der Waals surface area contributed by atoms with E-state index in [1.807, 2.05) is 17.0 Å². The fourth-order valence-electron chi connectivity index (χ4n) is 3.04. The van der Waals surface area contributed by atoms with Crippen LogP contribution in [0, 0.1) is 5.82 Å². The highest BCUT2D eigenvalue weighted by Gasteiger charge is 2.29. The lowest BCUT2D eigenvalue weighted by atomic mass is 10.0. The molecule has 0 saturated carbocycles. The molecule has 1 N–H and O–H groups in total. The van der Waals surface area contributed by atoms with Crippen LogP contribution < -0.4 is 5.32 Å². The first-order valence-electron chi connectivity index (χ1n) is 9.19. The van der Waals surface area contributed by atoms with Crippen molar-refractivity contribution >= 4 is 33.0 Å². The molecule has 0 spiro atoms. The number of nitrogens with one attached hydrogen (secondary N) is 1. The van der Waals surface area contributed by atoms with Gasteiger partial charge in [0, 0.05) is 31.9 Å². The Hall–Kier alpha value is -2.03. The van der Waals surface area contributed by atoms with Crippen LogP contribution >= 0.6 is 12.2 Å². The molecule has 0 unspecified atom stereocenters. The zero-order valence-corrected chi connectivity index (χ0v) is 17.6. The monoisotopic (exact) mass is 421 g/mol. The van der Waals surface area contributed by atoms with E-state index in [0.29, 0.717) is 37.2 Å². The summed E-state index contributed by atoms with van der Waals surface area (Å²) in [5.74, 6) is 0.0127. The fraction of sp³-hybridized carbons (Fsp3) is 0.350. The molecule has 0 atom stereocenters. The highest BCUT2D eigenvalue weighted by atomic mass is 32.2. The van der Waals surface area contributed by atoms with Crippen LogP contribution in [0.3, 0.4) is 0 Å². The van der Waals surface area contributed by atoms with Gasteiger partial charge in [-0.25, -0.2) is 12.8 Å². The number of piperazine rings is 1. The minimum absolute atomic E-state index is 0.105. The molecule has 1 fully saturated rings. The Labute approximate surface area is 171 Å². The second kappa shape index (κ2) is 8.55. The lowest BCUT2D eigenvalue weighted by Crippen LogP contribution is -2.51. The fourth-order valence-corrected chi connectivity index (χ4v) is 4.76. The summed E-state index contributed by atoms with van der Waals surface area (Å²) in [6.45, 7) is 5.94. The van der Waals surface area contributed by atoms with Crippen LogP contribution in [-0.4, -0.2) is 48.9 Å². The number of hydrogen-bond donors (Lipinski definition) is 1. The lowest BCUT2D eigenvalue weighted by molar-refractivity contribution is 0.268. The molecule has 0 aromatic heterocycles. The lowest BCUT2D eigenvalue weighted by Gasteiger charge is -2.35. The number of sulfonamides is 1. The van der Waals surface area contributed by atoms with Crippen molar-refractivity contribution in [3.05, 3.63) is 59.9 Å². The number of rotatable bonds is 4. The molecule has 8 heteroatoms. The molecule has 0 aliphatic carbocycles. The molecule has 1 aliphatic rings. The van der Waals surface area contributed by atoms with Gasteiger partial charge in [-0.1, -0.05) is 26.0 Å². The van der Waals surface area contributed by atoms with Gasteiger partial charge in [0.2, 0.25) is 10.0 Å². The predicted molar refractivity (Wildman–Crippen MR) is 113 cm³/mol. The van der Waals surface area contributed by atoms with E-state index in [2.05, 4.69) is 31.3 Å². The first kappa shape index (κ1) is 20.7. The molecule has 0 radical (unpaired) electrons. The summed E-state index contributed by atoms with van der Waals surface area (Å²) >= 11 is 5.49. The zero-order valence-electron chi connectivity index (χ0n) is 15.9. The Bertz CT molecular complexity index is 921. The van der Waals surface area contributed by atoms with Gasteiger partial charge < -0.3 is 10.2 Å². The first-order valence-corrected chi connectivity index (χ1v) is 11.0. The quantitative estimate of drug-likeness (QED) is 0.764. The Morgan fingerprint density at radius 1 is 1.00 bits per heavy atom. The van der Waals surface area contributed by atoms with Gasteiger partial charge in [-0.15, -0.1) is 0 Å². The molecule has 1 aliphatic heterocycles. The van der Waals surface area contributed by atoms with E-state index in [-0.39, 0.29) is 4.90 Å². The summed E-state index contributed by atoms with van der Waals surface area (Å²) in [6.07, 6.45) is 0. The summed E-state index contributed by atoms with van der Waals surface area (Å²) in [7, 11) is -3.62. The second-order valence-electron chi connectivity index (χ2n) is 7.05. The Kier molecular flexibility index (Phi) is 6.32. The Morgan fingerprint density at radius 3 is 2.11 bits per heavy atom. The van der Waals surface area contributed by atoms with Gasteiger partial charge in [-0.2, -0.15) is 4.31 Å². The molecular formula is C20H24FN3O2S2. The van der Waals surface area contributed by atoms with E-state index in [0.717, 1.165) is 17.8 Å². The number of halogens is 1. The van der Waals surface area contributed by atoms with Gasteiger partial charge in [0.05, 0.1) is 4.90 Å². The number of anilines is 1. The normalized spacial score (nSPS) is 15.6. The maximum atomic E-state index is 13.1. The highest BCUT2D eigenvalue weighted by Crippen LogP contribution is 2.20. The summed E-state index contributed by atoms with van der Waals surface area (Å²) in [5, 5.41) is 3.80. The maximum Gasteiger partial charge on any atom is 0.243 e. The van der Waals surface area contributed by atoms with Crippen LogP contribution in [0.5, 0.6) is 0 Å². The molecule has 1 saturated heterocycles. The van der Waals surface area contributed by atoms with Gasteiger partial charge in [0.15, 0.2) is 5.11 Å². The van der Waals surface area contributed by atoms with E-state index in [1.54, 1.807) is 0 Å². The van der Waals surface area contributed by atoms with Gasteiger partial charge >= 0.3 is 0 Å². The zero-order chi connectivity index (χ0) is 20.3. The van der Waals surface area contributed by atoms with Crippen molar-refractivity contribution in [2.45, 2.75) is 24.7 Å². The minimum Gasteiger partial charge on any atom is -0.346 e. The van der Waals surface area contributed by atoms with Crippen molar-refractivity contribution in [1.82, 2.24) is 9.21 Å². The summed E-state index contributed by atoms with van der Waals surface area (Å²) < 4.78 is 39.9. The first-order chi connectivity index (χ1) is 13.3. The van der Waals surface area contributed by atoms with E-state index in [4.69, 9.17) is 12.2 Å². The highest BCUT2D eigenvalue weighted by molar-refractivity contribution is 7.89. The van der Waals surface area contributed by atoms with Crippen LogP contribution in [-0.2, 0) is 10.0 Å². The van der Waals surface area contributed by atoms with Gasteiger partial charge in [-0.3, -0.25) is 0 Å². The molecule has 2 aromatic carbocycles. The molecule has 1 heterocycles. The van der Waals surface area contributed by atoms with Crippen molar-refractivity contribution in [3.63, 3.8) is 0 Å². The topological polar surface area (TPSA) is 52.6 Å². The SMILES string of the molecule is CC(C)c1ccc(NC(=S)N2CCN(S(=O)(=O)c3ccc(F)cc3)CC2)cc1. The summed E-state index contributed by atoms with van der Waals surface area (Å²) in [4.78, 5) is 2.07. The number of nitrogens with zero attached hydrogens (tertiary/aromatic N) is 2. The van der Waals surface area contributed by atoms with Crippen LogP contribution in [0.25, 0.3) is 0 Å². The molecule has 3 rings (SSSR count). The molecule has 150 valence electrons. The third-order valence-corrected chi connectivity index (χ3v) is 7.08.